The maximum atomic E-state index is 12.9. The molecule has 0 aliphatic carbocycles. The minimum atomic E-state index is -0.0593. The molecule has 1 aromatic heterocycles. The lowest BCUT2D eigenvalue weighted by Crippen LogP contribution is -2.43. The fraction of sp³-hybridized carbons (Fsp3) is 0.261. The number of carbonyl (C=O) groups excluding carboxylic acids is 1. The van der Waals surface area contributed by atoms with Crippen LogP contribution in [0.25, 0.3) is 5.69 Å². The first kappa shape index (κ1) is 18.5. The van der Waals surface area contributed by atoms with E-state index >= 15 is 0 Å². The molecule has 1 amide bonds. The van der Waals surface area contributed by atoms with E-state index in [1.54, 1.807) is 0 Å². The van der Waals surface area contributed by atoms with Crippen LogP contribution in [0.15, 0.2) is 79.1 Å². The molecule has 0 saturated carbocycles. The summed E-state index contributed by atoms with van der Waals surface area (Å²) in [6.45, 7) is 4.06. The number of amides is 1. The molecule has 144 valence electrons. The Balaban J connectivity index is 1.48. The van der Waals surface area contributed by atoms with Gasteiger partial charge in [0.1, 0.15) is 0 Å². The van der Waals surface area contributed by atoms with Crippen LogP contribution in [0.5, 0.6) is 0 Å². The van der Waals surface area contributed by atoms with E-state index in [1.807, 2.05) is 71.6 Å². The third kappa shape index (κ3) is 4.50. The van der Waals surface area contributed by atoms with E-state index in [0.717, 1.165) is 44.1 Å². The van der Waals surface area contributed by atoms with Gasteiger partial charge in [0.15, 0.2) is 0 Å². The number of rotatable bonds is 6. The van der Waals surface area contributed by atoms with Gasteiger partial charge in [0, 0.05) is 43.3 Å². The fourth-order valence-electron chi connectivity index (χ4n) is 3.49. The Kier molecular flexibility index (Phi) is 5.85. The van der Waals surface area contributed by atoms with Crippen molar-refractivity contribution < 1.29 is 9.53 Å². The summed E-state index contributed by atoms with van der Waals surface area (Å²) in [7, 11) is 0. The Hall–Kier alpha value is -2.89. The minimum absolute atomic E-state index is 0.0545. The summed E-state index contributed by atoms with van der Waals surface area (Å²) in [6.07, 6.45) is 3.98. The predicted molar refractivity (Wildman–Crippen MR) is 110 cm³/mol. The number of ether oxygens (including phenoxy) is 1. The third-order valence-corrected chi connectivity index (χ3v) is 5.08. The van der Waals surface area contributed by atoms with E-state index in [0.29, 0.717) is 5.56 Å². The smallest absolute Gasteiger partial charge is 0.251 e. The Labute approximate surface area is 165 Å². The summed E-state index contributed by atoms with van der Waals surface area (Å²) in [6, 6.07) is 21.8. The highest BCUT2D eigenvalue weighted by Crippen LogP contribution is 2.17. The van der Waals surface area contributed by atoms with Crippen molar-refractivity contribution in [2.75, 3.05) is 32.8 Å². The van der Waals surface area contributed by atoms with Crippen molar-refractivity contribution in [3.8, 4) is 5.69 Å². The molecule has 2 heterocycles. The first-order valence-corrected chi connectivity index (χ1v) is 9.69. The van der Waals surface area contributed by atoms with Gasteiger partial charge in [-0.2, -0.15) is 0 Å². The molecule has 1 saturated heterocycles. The normalized spacial score (nSPS) is 15.9. The van der Waals surface area contributed by atoms with Gasteiger partial charge in [0.05, 0.1) is 19.3 Å². The highest BCUT2D eigenvalue weighted by molar-refractivity contribution is 5.94. The van der Waals surface area contributed by atoms with Gasteiger partial charge in [-0.15, -0.1) is 0 Å². The molecule has 0 radical (unpaired) electrons. The zero-order chi connectivity index (χ0) is 19.2. The summed E-state index contributed by atoms with van der Waals surface area (Å²) in [4.78, 5) is 15.3. The molecule has 5 heteroatoms. The average Bonchev–Trinajstić information content (AvgIpc) is 3.30. The zero-order valence-corrected chi connectivity index (χ0v) is 15.8. The molecule has 5 nitrogen and oxygen atoms in total. The van der Waals surface area contributed by atoms with Gasteiger partial charge in [0.2, 0.25) is 0 Å². The second-order valence-electron chi connectivity index (χ2n) is 6.99. The van der Waals surface area contributed by atoms with Crippen LogP contribution in [-0.4, -0.2) is 48.2 Å². The van der Waals surface area contributed by atoms with E-state index in [2.05, 4.69) is 22.3 Å². The summed E-state index contributed by atoms with van der Waals surface area (Å²) >= 11 is 0. The SMILES string of the molecule is O=C(NC(CN1CCOCC1)c1ccccc1)c1ccc(-n2cccc2)cc1. The van der Waals surface area contributed by atoms with E-state index in [-0.39, 0.29) is 11.9 Å². The number of benzene rings is 2. The van der Waals surface area contributed by atoms with Gasteiger partial charge in [0.25, 0.3) is 5.91 Å². The van der Waals surface area contributed by atoms with E-state index in [4.69, 9.17) is 4.74 Å². The highest BCUT2D eigenvalue weighted by atomic mass is 16.5. The van der Waals surface area contributed by atoms with Crippen molar-refractivity contribution in [2.24, 2.45) is 0 Å². The van der Waals surface area contributed by atoms with Crippen LogP contribution in [0.3, 0.4) is 0 Å². The lowest BCUT2D eigenvalue weighted by molar-refractivity contribution is 0.0332. The van der Waals surface area contributed by atoms with Crippen LogP contribution < -0.4 is 5.32 Å². The standard InChI is InChI=1S/C23H25N3O2/c27-23(20-8-10-21(11-9-20)26-12-4-5-13-26)24-22(19-6-2-1-3-7-19)18-25-14-16-28-17-15-25/h1-13,22H,14-18H2,(H,24,27). The van der Waals surface area contributed by atoms with Crippen LogP contribution >= 0.6 is 0 Å². The molecule has 28 heavy (non-hydrogen) atoms. The van der Waals surface area contributed by atoms with Gasteiger partial charge < -0.3 is 14.6 Å². The molecule has 3 aromatic rings. The molecule has 1 aliphatic rings. The summed E-state index contributed by atoms with van der Waals surface area (Å²) in [5, 5.41) is 3.22. The summed E-state index contributed by atoms with van der Waals surface area (Å²) in [5.74, 6) is -0.0545. The lowest BCUT2D eigenvalue weighted by Gasteiger charge is -2.31. The van der Waals surface area contributed by atoms with E-state index < -0.39 is 0 Å². The predicted octanol–water partition coefficient (Wildman–Crippen LogP) is 3.28. The molecule has 0 spiro atoms. The number of nitrogens with zero attached hydrogens (tertiary/aromatic N) is 2. The van der Waals surface area contributed by atoms with E-state index in [1.165, 1.54) is 0 Å². The first-order valence-electron chi connectivity index (χ1n) is 9.69. The third-order valence-electron chi connectivity index (χ3n) is 5.08. The van der Waals surface area contributed by atoms with Crippen LogP contribution in [0.1, 0.15) is 22.0 Å². The number of aromatic nitrogens is 1. The van der Waals surface area contributed by atoms with Crippen molar-refractivity contribution in [3.63, 3.8) is 0 Å². The zero-order valence-electron chi connectivity index (χ0n) is 15.8. The monoisotopic (exact) mass is 375 g/mol. The molecule has 1 atom stereocenters. The summed E-state index contributed by atoms with van der Waals surface area (Å²) in [5.41, 5.74) is 2.82. The van der Waals surface area contributed by atoms with Crippen molar-refractivity contribution in [1.82, 2.24) is 14.8 Å². The highest BCUT2D eigenvalue weighted by Gasteiger charge is 2.20. The molecule has 1 aliphatic heterocycles. The average molecular weight is 375 g/mol. The van der Waals surface area contributed by atoms with Gasteiger partial charge in [-0.1, -0.05) is 30.3 Å². The van der Waals surface area contributed by atoms with Crippen molar-refractivity contribution in [3.05, 3.63) is 90.3 Å². The molecule has 2 aromatic carbocycles. The molecule has 4 rings (SSSR count). The van der Waals surface area contributed by atoms with E-state index in [9.17, 15) is 4.79 Å². The molecule has 1 N–H and O–H groups in total. The quantitative estimate of drug-likeness (QED) is 0.719. The Bertz CT molecular complexity index is 870. The van der Waals surface area contributed by atoms with Crippen LogP contribution in [0.4, 0.5) is 0 Å². The number of nitrogens with one attached hydrogen (secondary N) is 1. The van der Waals surface area contributed by atoms with Crippen LogP contribution in [0.2, 0.25) is 0 Å². The second-order valence-corrected chi connectivity index (χ2v) is 6.99. The maximum absolute atomic E-state index is 12.9. The van der Waals surface area contributed by atoms with Gasteiger partial charge in [-0.3, -0.25) is 9.69 Å². The number of hydrogen-bond acceptors (Lipinski definition) is 3. The fourth-order valence-corrected chi connectivity index (χ4v) is 3.49. The lowest BCUT2D eigenvalue weighted by atomic mass is 10.1. The Morgan fingerprint density at radius 1 is 0.929 bits per heavy atom. The summed E-state index contributed by atoms with van der Waals surface area (Å²) < 4.78 is 7.47. The van der Waals surface area contributed by atoms with Crippen molar-refractivity contribution in [2.45, 2.75) is 6.04 Å². The Morgan fingerprint density at radius 2 is 1.61 bits per heavy atom. The molecule has 1 fully saturated rings. The van der Waals surface area contributed by atoms with Crippen molar-refractivity contribution in [1.29, 1.82) is 0 Å². The van der Waals surface area contributed by atoms with Gasteiger partial charge in [-0.25, -0.2) is 0 Å². The topological polar surface area (TPSA) is 46.5 Å². The van der Waals surface area contributed by atoms with Gasteiger partial charge in [-0.05, 0) is 42.0 Å². The molecule has 1 unspecified atom stereocenters. The van der Waals surface area contributed by atoms with Crippen LogP contribution in [0, 0.1) is 0 Å². The molecular weight excluding hydrogens is 350 g/mol. The first-order chi connectivity index (χ1) is 13.8. The van der Waals surface area contributed by atoms with Crippen LogP contribution in [-0.2, 0) is 4.74 Å². The van der Waals surface area contributed by atoms with Gasteiger partial charge >= 0.3 is 0 Å². The number of hydrogen-bond donors (Lipinski definition) is 1. The number of morpholine rings is 1. The largest absolute Gasteiger partial charge is 0.379 e. The number of carbonyl (C=O) groups is 1. The minimum Gasteiger partial charge on any atom is -0.379 e. The molecule has 0 bridgehead atoms. The van der Waals surface area contributed by atoms with Crippen molar-refractivity contribution >= 4 is 5.91 Å². The second kappa shape index (κ2) is 8.87. The Morgan fingerprint density at radius 3 is 2.29 bits per heavy atom. The maximum Gasteiger partial charge on any atom is 0.251 e. The molecular formula is C23H25N3O2.